The van der Waals surface area contributed by atoms with E-state index in [1.54, 1.807) is 28.9 Å². The smallest absolute Gasteiger partial charge is 0.212 e. The van der Waals surface area contributed by atoms with E-state index in [1.165, 1.54) is 6.20 Å². The summed E-state index contributed by atoms with van der Waals surface area (Å²) in [5.74, 6) is 0.626. The molecule has 0 amide bonds. The van der Waals surface area contributed by atoms with Crippen LogP contribution >= 0.6 is 11.6 Å². The van der Waals surface area contributed by atoms with E-state index >= 15 is 0 Å². The number of hydrogen-bond donors (Lipinski definition) is 0. The van der Waals surface area contributed by atoms with Crippen molar-refractivity contribution in [3.05, 3.63) is 46.7 Å². The molecule has 0 spiro atoms. The minimum Gasteiger partial charge on any atom is -0.494 e. The third-order valence-electron chi connectivity index (χ3n) is 2.87. The maximum atomic E-state index is 12.5. The summed E-state index contributed by atoms with van der Waals surface area (Å²) in [6.45, 7) is 5.22. The highest BCUT2D eigenvalue weighted by atomic mass is 35.5. The number of halogens is 1. The van der Waals surface area contributed by atoms with Crippen LogP contribution in [0.25, 0.3) is 0 Å². The summed E-state index contributed by atoms with van der Waals surface area (Å²) in [5.41, 5.74) is 1.02. The number of carbonyl (C=O) groups is 1. The molecule has 0 aliphatic rings. The van der Waals surface area contributed by atoms with Gasteiger partial charge in [-0.05, 0) is 37.6 Å². The zero-order chi connectivity index (χ0) is 14.5. The Morgan fingerprint density at radius 3 is 2.60 bits per heavy atom. The van der Waals surface area contributed by atoms with Crippen molar-refractivity contribution >= 4 is 17.4 Å². The van der Waals surface area contributed by atoms with Gasteiger partial charge in [-0.15, -0.1) is 0 Å². The van der Waals surface area contributed by atoms with Crippen LogP contribution in [0.2, 0.25) is 5.02 Å². The van der Waals surface area contributed by atoms with Gasteiger partial charge in [-0.1, -0.05) is 18.5 Å². The lowest BCUT2D eigenvalue weighted by atomic mass is 10.1. The number of aromatic nitrogens is 2. The maximum absolute atomic E-state index is 12.5. The van der Waals surface area contributed by atoms with Gasteiger partial charge in [0.25, 0.3) is 0 Å². The van der Waals surface area contributed by atoms with Crippen LogP contribution in [-0.2, 0) is 6.54 Å². The second-order valence-electron chi connectivity index (χ2n) is 4.35. The Kier molecular flexibility index (Phi) is 4.79. The van der Waals surface area contributed by atoms with E-state index in [0.717, 1.165) is 12.2 Å². The van der Waals surface area contributed by atoms with E-state index < -0.39 is 0 Å². The van der Waals surface area contributed by atoms with Crippen molar-refractivity contribution in [2.75, 3.05) is 6.61 Å². The van der Waals surface area contributed by atoms with Gasteiger partial charge in [-0.2, -0.15) is 5.10 Å². The molecule has 0 fully saturated rings. The number of nitrogens with zero attached hydrogens (tertiary/aromatic N) is 2. The summed E-state index contributed by atoms with van der Waals surface area (Å²) < 4.78 is 7.02. The summed E-state index contributed by atoms with van der Waals surface area (Å²) >= 11 is 6.08. The van der Waals surface area contributed by atoms with Crippen LogP contribution in [0.4, 0.5) is 0 Å². The molecule has 0 N–H and O–H groups in total. The number of rotatable bonds is 6. The predicted molar refractivity (Wildman–Crippen MR) is 78.6 cm³/mol. The topological polar surface area (TPSA) is 44.1 Å². The Labute approximate surface area is 123 Å². The molecule has 1 aromatic heterocycles. The van der Waals surface area contributed by atoms with Crippen LogP contribution < -0.4 is 4.74 Å². The molecule has 0 atom stereocenters. The molecule has 2 rings (SSSR count). The Balaban J connectivity index is 2.28. The summed E-state index contributed by atoms with van der Waals surface area (Å²) in [6, 6.07) is 7.05. The first-order valence-corrected chi connectivity index (χ1v) is 7.04. The molecule has 1 heterocycles. The highest BCUT2D eigenvalue weighted by Gasteiger charge is 2.18. The lowest BCUT2D eigenvalue weighted by Crippen LogP contribution is -2.12. The molecule has 20 heavy (non-hydrogen) atoms. The van der Waals surface area contributed by atoms with Gasteiger partial charge in [-0.25, -0.2) is 0 Å². The van der Waals surface area contributed by atoms with Crippen molar-refractivity contribution in [3.63, 3.8) is 0 Å². The minimum atomic E-state index is -0.121. The van der Waals surface area contributed by atoms with E-state index in [1.807, 2.05) is 13.8 Å². The maximum Gasteiger partial charge on any atom is 0.212 e. The molecule has 0 bridgehead atoms. The summed E-state index contributed by atoms with van der Waals surface area (Å²) in [5, 5.41) is 4.52. The van der Waals surface area contributed by atoms with Gasteiger partial charge >= 0.3 is 0 Å². The van der Waals surface area contributed by atoms with Crippen molar-refractivity contribution < 1.29 is 9.53 Å². The fourth-order valence-electron chi connectivity index (χ4n) is 1.98. The van der Waals surface area contributed by atoms with Crippen LogP contribution in [-0.4, -0.2) is 22.2 Å². The zero-order valence-electron chi connectivity index (χ0n) is 11.6. The quantitative estimate of drug-likeness (QED) is 0.765. The average Bonchev–Trinajstić information content (AvgIpc) is 2.81. The fourth-order valence-corrected chi connectivity index (χ4v) is 2.20. The molecule has 106 valence electrons. The molecule has 2 aromatic rings. The third kappa shape index (κ3) is 3.02. The number of carbonyl (C=O) groups excluding carboxylic acids is 1. The van der Waals surface area contributed by atoms with Gasteiger partial charge in [0.1, 0.15) is 11.4 Å². The van der Waals surface area contributed by atoms with E-state index in [9.17, 15) is 4.79 Å². The van der Waals surface area contributed by atoms with Gasteiger partial charge in [-0.3, -0.25) is 9.48 Å². The molecule has 0 unspecified atom stereocenters. The summed E-state index contributed by atoms with van der Waals surface area (Å²) in [4.78, 5) is 12.5. The van der Waals surface area contributed by atoms with Crippen LogP contribution in [0.5, 0.6) is 5.75 Å². The first kappa shape index (κ1) is 14.6. The molecule has 0 aliphatic carbocycles. The fraction of sp³-hybridized carbons (Fsp3) is 0.333. The lowest BCUT2D eigenvalue weighted by molar-refractivity contribution is 0.102. The van der Waals surface area contributed by atoms with E-state index in [0.29, 0.717) is 29.4 Å². The SMILES string of the molecule is CCCn1ncc(Cl)c1C(=O)c1ccc(OCC)cc1. The lowest BCUT2D eigenvalue weighted by Gasteiger charge is -2.07. The third-order valence-corrected chi connectivity index (χ3v) is 3.15. The van der Waals surface area contributed by atoms with Crippen LogP contribution in [0, 0.1) is 0 Å². The second-order valence-corrected chi connectivity index (χ2v) is 4.76. The molecular weight excluding hydrogens is 276 g/mol. The second kappa shape index (κ2) is 6.57. The average molecular weight is 293 g/mol. The number of ketones is 1. The molecule has 0 aliphatic heterocycles. The number of ether oxygens (including phenoxy) is 1. The van der Waals surface area contributed by atoms with Crippen LogP contribution in [0.3, 0.4) is 0 Å². The van der Waals surface area contributed by atoms with Crippen molar-refractivity contribution in [1.29, 1.82) is 0 Å². The van der Waals surface area contributed by atoms with Crippen LogP contribution in [0.15, 0.2) is 30.5 Å². The van der Waals surface area contributed by atoms with Gasteiger partial charge in [0.15, 0.2) is 0 Å². The van der Waals surface area contributed by atoms with Gasteiger partial charge in [0.2, 0.25) is 5.78 Å². The highest BCUT2D eigenvalue weighted by Crippen LogP contribution is 2.21. The van der Waals surface area contributed by atoms with Crippen molar-refractivity contribution in [1.82, 2.24) is 9.78 Å². The molecule has 0 saturated carbocycles. The monoisotopic (exact) mass is 292 g/mol. The first-order chi connectivity index (χ1) is 9.67. The van der Waals surface area contributed by atoms with Gasteiger partial charge in [0, 0.05) is 12.1 Å². The minimum absolute atomic E-state index is 0.121. The summed E-state index contributed by atoms with van der Waals surface area (Å²) in [7, 11) is 0. The van der Waals surface area contributed by atoms with Crippen LogP contribution in [0.1, 0.15) is 36.3 Å². The zero-order valence-corrected chi connectivity index (χ0v) is 12.4. The van der Waals surface area contributed by atoms with Crippen molar-refractivity contribution in [3.8, 4) is 5.75 Å². The summed E-state index contributed by atoms with van der Waals surface area (Å²) in [6.07, 6.45) is 2.40. The highest BCUT2D eigenvalue weighted by molar-refractivity contribution is 6.34. The first-order valence-electron chi connectivity index (χ1n) is 6.66. The molecule has 5 heteroatoms. The van der Waals surface area contributed by atoms with E-state index in [-0.39, 0.29) is 5.78 Å². The molecule has 4 nitrogen and oxygen atoms in total. The molecule has 0 saturated heterocycles. The molecule has 0 radical (unpaired) electrons. The van der Waals surface area contributed by atoms with Gasteiger partial charge < -0.3 is 4.74 Å². The Hall–Kier alpha value is -1.81. The number of hydrogen-bond acceptors (Lipinski definition) is 3. The van der Waals surface area contributed by atoms with Gasteiger partial charge in [0.05, 0.1) is 17.8 Å². The Morgan fingerprint density at radius 1 is 1.30 bits per heavy atom. The number of aryl methyl sites for hydroxylation is 1. The van der Waals surface area contributed by atoms with E-state index in [4.69, 9.17) is 16.3 Å². The molecular formula is C15H17ClN2O2. The normalized spacial score (nSPS) is 10.6. The van der Waals surface area contributed by atoms with Crippen molar-refractivity contribution in [2.45, 2.75) is 26.8 Å². The predicted octanol–water partition coefficient (Wildman–Crippen LogP) is 3.58. The van der Waals surface area contributed by atoms with E-state index in [2.05, 4.69) is 5.10 Å². The Morgan fingerprint density at radius 2 is 2.00 bits per heavy atom. The number of benzene rings is 1. The largest absolute Gasteiger partial charge is 0.494 e. The molecule has 1 aromatic carbocycles. The Bertz CT molecular complexity index is 590. The van der Waals surface area contributed by atoms with Crippen molar-refractivity contribution in [2.24, 2.45) is 0 Å². The standard InChI is InChI=1S/C15H17ClN2O2/c1-3-9-18-14(13(16)10-17-18)15(19)11-5-7-12(8-6-11)20-4-2/h5-8,10H,3-4,9H2,1-2H3.